The van der Waals surface area contributed by atoms with Gasteiger partial charge in [0, 0.05) is 19.1 Å². The van der Waals surface area contributed by atoms with Crippen molar-refractivity contribution in [3.8, 4) is 0 Å². The highest BCUT2D eigenvalue weighted by Gasteiger charge is 2.25. The van der Waals surface area contributed by atoms with Crippen LogP contribution in [0.25, 0.3) is 0 Å². The van der Waals surface area contributed by atoms with E-state index in [9.17, 15) is 4.79 Å². The summed E-state index contributed by atoms with van der Waals surface area (Å²) in [6.07, 6.45) is 6.36. The van der Waals surface area contributed by atoms with E-state index in [4.69, 9.17) is 5.11 Å². The van der Waals surface area contributed by atoms with Crippen molar-refractivity contribution in [2.24, 2.45) is 0 Å². The predicted octanol–water partition coefficient (Wildman–Crippen LogP) is 1.44. The molecular formula is C12H23ClN2O2. The van der Waals surface area contributed by atoms with Crippen LogP contribution in [0, 0.1) is 0 Å². The van der Waals surface area contributed by atoms with Crippen molar-refractivity contribution < 1.29 is 9.90 Å². The summed E-state index contributed by atoms with van der Waals surface area (Å²) in [5, 5.41) is 8.73. The van der Waals surface area contributed by atoms with Gasteiger partial charge in [0.1, 0.15) is 0 Å². The van der Waals surface area contributed by atoms with Gasteiger partial charge >= 0.3 is 5.97 Å². The van der Waals surface area contributed by atoms with Crippen molar-refractivity contribution in [2.45, 2.75) is 38.1 Å². The third-order valence-corrected chi connectivity index (χ3v) is 3.82. The molecule has 2 aliphatic rings. The number of carbonyl (C=O) groups is 1. The van der Waals surface area contributed by atoms with Crippen LogP contribution in [0.15, 0.2) is 0 Å². The predicted molar refractivity (Wildman–Crippen MR) is 69.8 cm³/mol. The molecule has 2 aliphatic heterocycles. The Morgan fingerprint density at radius 3 is 2.18 bits per heavy atom. The Kier molecular flexibility index (Phi) is 6.23. The van der Waals surface area contributed by atoms with Crippen molar-refractivity contribution in [1.29, 1.82) is 0 Å². The van der Waals surface area contributed by atoms with Crippen molar-refractivity contribution >= 4 is 18.4 Å². The van der Waals surface area contributed by atoms with E-state index in [-0.39, 0.29) is 19.0 Å². The van der Waals surface area contributed by atoms with Gasteiger partial charge in [-0.2, -0.15) is 0 Å². The molecule has 0 aliphatic carbocycles. The summed E-state index contributed by atoms with van der Waals surface area (Å²) >= 11 is 0. The van der Waals surface area contributed by atoms with Crippen LogP contribution in [-0.4, -0.2) is 59.6 Å². The fourth-order valence-electron chi connectivity index (χ4n) is 2.92. The normalized spacial score (nSPS) is 24.2. The molecule has 0 aromatic rings. The zero-order valence-corrected chi connectivity index (χ0v) is 11.1. The molecule has 2 rings (SSSR count). The maximum absolute atomic E-state index is 10.6. The minimum absolute atomic E-state index is 0. The molecule has 0 atom stereocenters. The summed E-state index contributed by atoms with van der Waals surface area (Å²) < 4.78 is 0. The Hall–Kier alpha value is -0.320. The minimum atomic E-state index is -0.698. The number of rotatable bonds is 3. The molecular weight excluding hydrogens is 240 g/mol. The number of hydrogen-bond acceptors (Lipinski definition) is 3. The van der Waals surface area contributed by atoms with Gasteiger partial charge in [0.2, 0.25) is 0 Å². The lowest BCUT2D eigenvalue weighted by Gasteiger charge is -2.39. The summed E-state index contributed by atoms with van der Waals surface area (Å²) in [5.74, 6) is -0.698. The fourth-order valence-corrected chi connectivity index (χ4v) is 2.92. The van der Waals surface area contributed by atoms with E-state index in [2.05, 4.69) is 9.80 Å². The highest BCUT2D eigenvalue weighted by molar-refractivity contribution is 5.85. The number of aliphatic carboxylic acids is 1. The van der Waals surface area contributed by atoms with E-state index in [1.54, 1.807) is 0 Å². The van der Waals surface area contributed by atoms with Gasteiger partial charge in [0.25, 0.3) is 0 Å². The first kappa shape index (κ1) is 14.7. The highest BCUT2D eigenvalue weighted by Crippen LogP contribution is 2.20. The first-order valence-electron chi connectivity index (χ1n) is 6.44. The fraction of sp³-hybridized carbons (Fsp3) is 0.917. The maximum Gasteiger partial charge on any atom is 0.317 e. The molecule has 0 saturated carbocycles. The van der Waals surface area contributed by atoms with Gasteiger partial charge < -0.3 is 10.0 Å². The molecule has 2 heterocycles. The van der Waals surface area contributed by atoms with E-state index >= 15 is 0 Å². The molecule has 100 valence electrons. The third kappa shape index (κ3) is 4.45. The standard InChI is InChI=1S/C12H22N2O2.ClH/c15-12(16)10-13-8-4-11(5-9-13)14-6-2-1-3-7-14;/h11H,1-10H2,(H,15,16);1H. The van der Waals surface area contributed by atoms with Crippen LogP contribution < -0.4 is 0 Å². The van der Waals surface area contributed by atoms with Crippen molar-refractivity contribution in [1.82, 2.24) is 9.80 Å². The van der Waals surface area contributed by atoms with Crippen molar-refractivity contribution in [2.75, 3.05) is 32.7 Å². The van der Waals surface area contributed by atoms with Crippen LogP contribution in [0.5, 0.6) is 0 Å². The average molecular weight is 263 g/mol. The minimum Gasteiger partial charge on any atom is -0.480 e. The largest absolute Gasteiger partial charge is 0.480 e. The molecule has 2 saturated heterocycles. The molecule has 17 heavy (non-hydrogen) atoms. The van der Waals surface area contributed by atoms with E-state index < -0.39 is 5.97 Å². The summed E-state index contributed by atoms with van der Waals surface area (Å²) in [6, 6.07) is 0.713. The third-order valence-electron chi connectivity index (χ3n) is 3.82. The lowest BCUT2D eigenvalue weighted by Crippen LogP contribution is -2.47. The van der Waals surface area contributed by atoms with Gasteiger partial charge in [0.05, 0.1) is 6.54 Å². The second kappa shape index (κ2) is 7.19. The molecule has 2 fully saturated rings. The number of likely N-dealkylation sites (tertiary alicyclic amines) is 2. The van der Waals surface area contributed by atoms with Gasteiger partial charge in [0.15, 0.2) is 0 Å². The molecule has 0 aromatic heterocycles. The smallest absolute Gasteiger partial charge is 0.317 e. The number of piperidine rings is 2. The molecule has 0 unspecified atom stereocenters. The van der Waals surface area contributed by atoms with E-state index in [1.807, 2.05) is 0 Å². The van der Waals surface area contributed by atoms with Gasteiger partial charge in [-0.05, 0) is 38.8 Å². The lowest BCUT2D eigenvalue weighted by molar-refractivity contribution is -0.138. The molecule has 0 amide bonds. The Balaban J connectivity index is 0.00000144. The first-order chi connectivity index (χ1) is 7.75. The molecule has 5 heteroatoms. The van der Waals surface area contributed by atoms with E-state index in [1.165, 1.54) is 32.4 Å². The molecule has 0 spiro atoms. The van der Waals surface area contributed by atoms with E-state index in [0.29, 0.717) is 6.04 Å². The zero-order valence-electron chi connectivity index (χ0n) is 10.3. The van der Waals surface area contributed by atoms with Crippen LogP contribution >= 0.6 is 12.4 Å². The average Bonchev–Trinajstić information content (AvgIpc) is 2.30. The van der Waals surface area contributed by atoms with E-state index in [0.717, 1.165) is 25.9 Å². The topological polar surface area (TPSA) is 43.8 Å². The monoisotopic (exact) mass is 262 g/mol. The van der Waals surface area contributed by atoms with Crippen LogP contribution in [0.2, 0.25) is 0 Å². The molecule has 0 radical (unpaired) electrons. The van der Waals surface area contributed by atoms with Gasteiger partial charge in [-0.15, -0.1) is 12.4 Å². The Morgan fingerprint density at radius 2 is 1.65 bits per heavy atom. The van der Waals surface area contributed by atoms with Crippen molar-refractivity contribution in [3.05, 3.63) is 0 Å². The van der Waals surface area contributed by atoms with Crippen molar-refractivity contribution in [3.63, 3.8) is 0 Å². The van der Waals surface area contributed by atoms with Gasteiger partial charge in [-0.1, -0.05) is 6.42 Å². The van der Waals surface area contributed by atoms with Crippen LogP contribution in [0.1, 0.15) is 32.1 Å². The maximum atomic E-state index is 10.6. The lowest BCUT2D eigenvalue weighted by atomic mass is 10.00. The quantitative estimate of drug-likeness (QED) is 0.836. The van der Waals surface area contributed by atoms with Crippen LogP contribution in [-0.2, 0) is 4.79 Å². The molecule has 1 N–H and O–H groups in total. The summed E-state index contributed by atoms with van der Waals surface area (Å²) in [6.45, 7) is 4.63. The number of hydrogen-bond donors (Lipinski definition) is 1. The second-order valence-corrected chi connectivity index (χ2v) is 5.00. The molecule has 0 aromatic carbocycles. The van der Waals surface area contributed by atoms with Crippen LogP contribution in [0.3, 0.4) is 0 Å². The number of carboxylic acid groups (broad SMARTS) is 1. The molecule has 4 nitrogen and oxygen atoms in total. The Labute approximate surface area is 109 Å². The Bertz CT molecular complexity index is 237. The number of carboxylic acids is 1. The van der Waals surface area contributed by atoms with Crippen LogP contribution in [0.4, 0.5) is 0 Å². The zero-order chi connectivity index (χ0) is 11.4. The number of halogens is 1. The number of nitrogens with zero attached hydrogens (tertiary/aromatic N) is 2. The second-order valence-electron chi connectivity index (χ2n) is 5.00. The SMILES string of the molecule is Cl.O=C(O)CN1CCC(N2CCCCC2)CC1. The molecule has 0 bridgehead atoms. The Morgan fingerprint density at radius 1 is 1.06 bits per heavy atom. The summed E-state index contributed by atoms with van der Waals surface area (Å²) in [4.78, 5) is 15.3. The van der Waals surface area contributed by atoms with Gasteiger partial charge in [-0.25, -0.2) is 0 Å². The van der Waals surface area contributed by atoms with Gasteiger partial charge in [-0.3, -0.25) is 9.69 Å². The summed E-state index contributed by atoms with van der Waals surface area (Å²) in [7, 11) is 0. The highest BCUT2D eigenvalue weighted by atomic mass is 35.5. The first-order valence-corrected chi connectivity index (χ1v) is 6.44. The summed E-state index contributed by atoms with van der Waals surface area (Å²) in [5.41, 5.74) is 0.